The number of piperazine rings is 1. The lowest BCUT2D eigenvalue weighted by Gasteiger charge is -2.44. The molecule has 0 radical (unpaired) electrons. The van der Waals surface area contributed by atoms with Gasteiger partial charge >= 0.3 is 6.18 Å². The van der Waals surface area contributed by atoms with Gasteiger partial charge in [0.1, 0.15) is 0 Å². The van der Waals surface area contributed by atoms with Crippen LogP contribution in [0.2, 0.25) is 0 Å². The maximum absolute atomic E-state index is 13.6. The van der Waals surface area contributed by atoms with Gasteiger partial charge in [0.2, 0.25) is 5.91 Å². The minimum atomic E-state index is -4.22. The van der Waals surface area contributed by atoms with Crippen LogP contribution in [0.25, 0.3) is 0 Å². The average Bonchev–Trinajstić information content (AvgIpc) is 2.88. The number of sulfone groups is 1. The van der Waals surface area contributed by atoms with Crippen molar-refractivity contribution in [2.24, 2.45) is 11.8 Å². The fraction of sp³-hybridized carbons (Fsp3) is 0.519. The van der Waals surface area contributed by atoms with Crippen LogP contribution >= 0.6 is 0 Å². The number of hydrogen-bond acceptors (Lipinski definition) is 5. The molecule has 1 atom stereocenters. The zero-order valence-corrected chi connectivity index (χ0v) is 21.6. The number of nitrogens with zero attached hydrogens (tertiary/aromatic N) is 2. The van der Waals surface area contributed by atoms with Crippen molar-refractivity contribution in [2.45, 2.75) is 49.2 Å². The van der Waals surface area contributed by atoms with E-state index in [2.05, 4.69) is 0 Å². The topological polar surface area (TPSA) is 77.9 Å². The Labute approximate surface area is 216 Å². The smallest absolute Gasteiger partial charge is 0.391 e. The summed E-state index contributed by atoms with van der Waals surface area (Å²) in [5.41, 5.74) is 2.18. The molecule has 0 bridgehead atoms. The van der Waals surface area contributed by atoms with Gasteiger partial charge in [0.15, 0.2) is 9.84 Å². The van der Waals surface area contributed by atoms with Gasteiger partial charge in [0, 0.05) is 44.1 Å². The van der Waals surface area contributed by atoms with Gasteiger partial charge in [-0.05, 0) is 55.4 Å². The molecule has 1 saturated heterocycles. The summed E-state index contributed by atoms with van der Waals surface area (Å²) in [4.78, 5) is 17.6. The summed E-state index contributed by atoms with van der Waals surface area (Å²) in [5.74, 6) is -1.87. The van der Waals surface area contributed by atoms with Crippen LogP contribution in [0.1, 0.15) is 42.9 Å². The molecule has 1 amide bonds. The Morgan fingerprint density at radius 1 is 1.03 bits per heavy atom. The van der Waals surface area contributed by atoms with Crippen molar-refractivity contribution in [1.82, 2.24) is 4.90 Å². The van der Waals surface area contributed by atoms with Gasteiger partial charge in [-0.15, -0.1) is 0 Å². The normalized spacial score (nSPS) is 23.2. The number of hydrogen-bond donors (Lipinski definition) is 1. The summed E-state index contributed by atoms with van der Waals surface area (Å²) >= 11 is 0. The number of carbonyl (C=O) groups excluding carboxylic acids is 1. The lowest BCUT2D eigenvalue weighted by molar-refractivity contribution is -0.185. The minimum Gasteiger partial charge on any atom is -0.396 e. The van der Waals surface area contributed by atoms with Crippen LogP contribution in [0.15, 0.2) is 53.4 Å². The van der Waals surface area contributed by atoms with Gasteiger partial charge in [-0.25, -0.2) is 8.42 Å². The number of halogens is 3. The van der Waals surface area contributed by atoms with Gasteiger partial charge in [-0.2, -0.15) is 13.2 Å². The Morgan fingerprint density at radius 2 is 1.70 bits per heavy atom. The standard InChI is InChI=1S/C27H33F3N2O4S/c1-37(35,36)25-17-23(12-9-20(25)13-16-33)31-14-15-32(24(18-31)19-5-3-2-4-6-19)26(34)21-7-10-22(11-8-21)27(28,29)30/h2-6,9,12,17,21-22,24,33H,7-8,10-11,13-16,18H2,1H3/t21?,22?,24-/m0/s1. The van der Waals surface area contributed by atoms with Crippen molar-refractivity contribution in [3.8, 4) is 0 Å². The summed E-state index contributed by atoms with van der Waals surface area (Å²) in [7, 11) is -3.52. The highest BCUT2D eigenvalue weighted by molar-refractivity contribution is 7.90. The second kappa shape index (κ2) is 11.0. The zero-order chi connectivity index (χ0) is 26.8. The molecule has 1 heterocycles. The first-order valence-electron chi connectivity index (χ1n) is 12.6. The second-order valence-electron chi connectivity index (χ2n) is 10.0. The molecule has 0 aromatic heterocycles. The maximum Gasteiger partial charge on any atom is 0.391 e. The predicted molar refractivity (Wildman–Crippen MR) is 135 cm³/mol. The van der Waals surface area contributed by atoms with E-state index in [0.717, 1.165) is 11.8 Å². The Kier molecular flexibility index (Phi) is 8.18. The monoisotopic (exact) mass is 538 g/mol. The number of anilines is 1. The zero-order valence-electron chi connectivity index (χ0n) is 20.8. The van der Waals surface area contributed by atoms with E-state index in [1.54, 1.807) is 17.0 Å². The lowest BCUT2D eigenvalue weighted by Crippen LogP contribution is -2.52. The van der Waals surface area contributed by atoms with Crippen LogP contribution in [0.4, 0.5) is 18.9 Å². The van der Waals surface area contributed by atoms with E-state index in [-0.39, 0.29) is 55.6 Å². The highest BCUT2D eigenvalue weighted by atomic mass is 32.2. The van der Waals surface area contributed by atoms with E-state index in [1.165, 1.54) is 0 Å². The lowest BCUT2D eigenvalue weighted by atomic mass is 9.80. The summed E-state index contributed by atoms with van der Waals surface area (Å²) in [5, 5.41) is 9.33. The van der Waals surface area contributed by atoms with E-state index in [9.17, 15) is 31.5 Å². The molecule has 37 heavy (non-hydrogen) atoms. The maximum atomic E-state index is 13.6. The molecule has 1 aliphatic heterocycles. The quantitative estimate of drug-likeness (QED) is 0.591. The SMILES string of the molecule is CS(=O)(=O)c1cc(N2CCN(C(=O)C3CCC(C(F)(F)F)CC3)[C@H](c3ccccc3)C2)ccc1CCO. The first-order chi connectivity index (χ1) is 17.5. The van der Waals surface area contributed by atoms with E-state index in [1.807, 2.05) is 41.3 Å². The molecule has 202 valence electrons. The van der Waals surface area contributed by atoms with Crippen LogP contribution in [-0.2, 0) is 21.1 Å². The van der Waals surface area contributed by atoms with Crippen LogP contribution < -0.4 is 4.90 Å². The van der Waals surface area contributed by atoms with Crippen molar-refractivity contribution in [3.63, 3.8) is 0 Å². The number of amides is 1. The van der Waals surface area contributed by atoms with Crippen LogP contribution in [0.3, 0.4) is 0 Å². The minimum absolute atomic E-state index is 0.0235. The third-order valence-electron chi connectivity index (χ3n) is 7.58. The average molecular weight is 539 g/mol. The van der Waals surface area contributed by atoms with Gasteiger partial charge in [-0.1, -0.05) is 36.4 Å². The number of rotatable bonds is 6. The molecule has 2 aliphatic rings. The number of carbonyl (C=O) groups is 1. The van der Waals surface area contributed by atoms with Gasteiger partial charge in [0.05, 0.1) is 16.9 Å². The summed E-state index contributed by atoms with van der Waals surface area (Å²) in [6.07, 6.45) is -2.43. The second-order valence-corrected chi connectivity index (χ2v) is 12.0. The third-order valence-corrected chi connectivity index (χ3v) is 8.76. The summed E-state index contributed by atoms with van der Waals surface area (Å²) < 4.78 is 64.2. The Morgan fingerprint density at radius 3 is 2.30 bits per heavy atom. The fourth-order valence-corrected chi connectivity index (χ4v) is 6.54. The van der Waals surface area contributed by atoms with Gasteiger partial charge < -0.3 is 14.9 Å². The number of aliphatic hydroxyl groups is 1. The third kappa shape index (κ3) is 6.29. The van der Waals surface area contributed by atoms with E-state index < -0.39 is 27.8 Å². The summed E-state index contributed by atoms with van der Waals surface area (Å²) in [6.45, 7) is 1.11. The largest absolute Gasteiger partial charge is 0.396 e. The fourth-order valence-electron chi connectivity index (χ4n) is 5.56. The molecule has 2 fully saturated rings. The molecule has 1 saturated carbocycles. The number of alkyl halides is 3. The molecule has 1 aliphatic carbocycles. The molecular formula is C27H33F3N2O4S. The first kappa shape index (κ1) is 27.4. The Bertz CT molecular complexity index is 1200. The molecule has 2 aromatic carbocycles. The molecule has 1 N–H and O–H groups in total. The predicted octanol–water partition coefficient (Wildman–Crippen LogP) is 4.38. The van der Waals surface area contributed by atoms with Gasteiger partial charge in [0.25, 0.3) is 0 Å². The van der Waals surface area contributed by atoms with Crippen molar-refractivity contribution in [3.05, 3.63) is 59.7 Å². The van der Waals surface area contributed by atoms with Crippen molar-refractivity contribution < 1.29 is 31.5 Å². The highest BCUT2D eigenvalue weighted by Crippen LogP contribution is 2.41. The summed E-state index contributed by atoms with van der Waals surface area (Å²) in [6, 6.07) is 14.4. The van der Waals surface area contributed by atoms with Crippen molar-refractivity contribution >= 4 is 21.4 Å². The van der Waals surface area contributed by atoms with E-state index in [4.69, 9.17) is 0 Å². The Hall–Kier alpha value is -2.59. The molecule has 2 aromatic rings. The van der Waals surface area contributed by atoms with Crippen LogP contribution in [-0.4, -0.2) is 63.0 Å². The molecule has 10 heteroatoms. The molecule has 0 spiro atoms. The van der Waals surface area contributed by atoms with E-state index in [0.29, 0.717) is 30.9 Å². The number of benzene rings is 2. The molecule has 6 nitrogen and oxygen atoms in total. The first-order valence-corrected chi connectivity index (χ1v) is 14.5. The van der Waals surface area contributed by atoms with Crippen molar-refractivity contribution in [2.75, 3.05) is 37.4 Å². The van der Waals surface area contributed by atoms with Crippen molar-refractivity contribution in [1.29, 1.82) is 0 Å². The Balaban J connectivity index is 1.58. The van der Waals surface area contributed by atoms with Crippen LogP contribution in [0, 0.1) is 11.8 Å². The molecule has 4 rings (SSSR count). The molecular weight excluding hydrogens is 505 g/mol. The molecule has 0 unspecified atom stereocenters. The van der Waals surface area contributed by atoms with Gasteiger partial charge in [-0.3, -0.25) is 4.79 Å². The highest BCUT2D eigenvalue weighted by Gasteiger charge is 2.44. The number of aliphatic hydroxyl groups excluding tert-OH is 1. The van der Waals surface area contributed by atoms with Crippen LogP contribution in [0.5, 0.6) is 0 Å². The van der Waals surface area contributed by atoms with E-state index >= 15 is 0 Å².